The smallest absolute Gasteiger partial charge is 0.330 e. The van der Waals surface area contributed by atoms with Crippen molar-refractivity contribution in [3.8, 4) is 0 Å². The molecule has 230 valence electrons. The molecule has 0 bridgehead atoms. The molecule has 13 nitrogen and oxygen atoms in total. The van der Waals surface area contributed by atoms with Gasteiger partial charge in [-0.15, -0.1) is 0 Å². The number of carbonyl (C=O) groups excluding carboxylic acids is 6. The highest BCUT2D eigenvalue weighted by atomic mass is 16.7. The third-order valence-corrected chi connectivity index (χ3v) is 5.57. The summed E-state index contributed by atoms with van der Waals surface area (Å²) in [5.41, 5.74) is 0. The summed E-state index contributed by atoms with van der Waals surface area (Å²) >= 11 is 0. The fourth-order valence-electron chi connectivity index (χ4n) is 3.49. The largest absolute Gasteiger partial charge is 0.466 e. The third-order valence-electron chi connectivity index (χ3n) is 5.57. The van der Waals surface area contributed by atoms with Crippen molar-refractivity contribution < 1.29 is 61.9 Å². The second-order valence-corrected chi connectivity index (χ2v) is 9.00. The molecule has 0 aromatic rings. The van der Waals surface area contributed by atoms with Crippen molar-refractivity contribution in [2.24, 2.45) is 0 Å². The number of carbonyl (C=O) groups is 6. The summed E-state index contributed by atoms with van der Waals surface area (Å²) in [6, 6.07) is 0. The van der Waals surface area contributed by atoms with E-state index in [-0.39, 0.29) is 52.1 Å². The predicted octanol–water partition coefficient (Wildman–Crippen LogP) is 2.63. The van der Waals surface area contributed by atoms with Gasteiger partial charge >= 0.3 is 35.8 Å². The summed E-state index contributed by atoms with van der Waals surface area (Å²) in [6.07, 6.45) is 1.92. The lowest BCUT2D eigenvalue weighted by Crippen LogP contribution is -2.47. The summed E-state index contributed by atoms with van der Waals surface area (Å²) in [6.45, 7) is 8.19. The van der Waals surface area contributed by atoms with Crippen LogP contribution in [0.3, 0.4) is 0 Å². The predicted molar refractivity (Wildman–Crippen MR) is 141 cm³/mol. The molecule has 0 aromatic heterocycles. The van der Waals surface area contributed by atoms with Crippen molar-refractivity contribution in [3.63, 3.8) is 0 Å². The Morgan fingerprint density at radius 1 is 0.659 bits per heavy atom. The zero-order valence-electron chi connectivity index (χ0n) is 23.5. The Hall–Kier alpha value is -3.74. The first-order chi connectivity index (χ1) is 19.6. The summed E-state index contributed by atoms with van der Waals surface area (Å²) in [5.74, 6) is -3.15. The van der Waals surface area contributed by atoms with Crippen LogP contribution in [0.25, 0.3) is 0 Å². The maximum atomic E-state index is 12.5. The second kappa shape index (κ2) is 21.1. The van der Waals surface area contributed by atoms with Crippen LogP contribution in [0.1, 0.15) is 71.1 Å². The number of esters is 6. The SMILES string of the molecule is C=CC(=O)OCCCCC(=O)OC1C[C@H](OC(=O)CCCCOC(=O)C=C)[C@H](OC(=O)CCCCOC(C)=O)CO1. The molecule has 0 aliphatic carbocycles. The molecule has 0 aromatic carbocycles. The number of unbranched alkanes of at least 4 members (excludes halogenated alkanes) is 3. The van der Waals surface area contributed by atoms with Crippen LogP contribution in [0.5, 0.6) is 0 Å². The van der Waals surface area contributed by atoms with Gasteiger partial charge in [0.05, 0.1) is 32.8 Å². The molecule has 0 N–H and O–H groups in total. The molecule has 0 radical (unpaired) electrons. The van der Waals surface area contributed by atoms with E-state index in [0.717, 1.165) is 12.2 Å². The molecule has 0 saturated carbocycles. The number of rotatable bonds is 20. The highest BCUT2D eigenvalue weighted by Gasteiger charge is 2.38. The normalized spacial score (nSPS) is 17.8. The van der Waals surface area contributed by atoms with Gasteiger partial charge in [-0.05, 0) is 38.5 Å². The van der Waals surface area contributed by atoms with Crippen molar-refractivity contribution in [3.05, 3.63) is 25.3 Å². The Kier molecular flexibility index (Phi) is 18.1. The zero-order valence-corrected chi connectivity index (χ0v) is 23.5. The van der Waals surface area contributed by atoms with E-state index in [1.54, 1.807) is 0 Å². The van der Waals surface area contributed by atoms with Crippen LogP contribution in [0.15, 0.2) is 25.3 Å². The van der Waals surface area contributed by atoms with Gasteiger partial charge in [-0.25, -0.2) is 9.59 Å². The second-order valence-electron chi connectivity index (χ2n) is 9.00. The van der Waals surface area contributed by atoms with Crippen LogP contribution < -0.4 is 0 Å². The number of ether oxygens (including phenoxy) is 7. The van der Waals surface area contributed by atoms with Crippen molar-refractivity contribution in [2.75, 3.05) is 26.4 Å². The van der Waals surface area contributed by atoms with Crippen LogP contribution in [-0.2, 0) is 61.9 Å². The summed E-state index contributed by atoms with van der Waals surface area (Å²) in [7, 11) is 0. The third kappa shape index (κ3) is 17.5. The molecule has 1 fully saturated rings. The minimum Gasteiger partial charge on any atom is -0.466 e. The fraction of sp³-hybridized carbons (Fsp3) is 0.643. The van der Waals surface area contributed by atoms with E-state index in [2.05, 4.69) is 13.2 Å². The Labute approximate surface area is 239 Å². The van der Waals surface area contributed by atoms with Gasteiger partial charge in [-0.2, -0.15) is 0 Å². The monoisotopic (exact) mass is 584 g/mol. The van der Waals surface area contributed by atoms with Crippen LogP contribution in [0.4, 0.5) is 0 Å². The van der Waals surface area contributed by atoms with Crippen LogP contribution in [0.2, 0.25) is 0 Å². The van der Waals surface area contributed by atoms with Crippen molar-refractivity contribution in [1.29, 1.82) is 0 Å². The first-order valence-electron chi connectivity index (χ1n) is 13.6. The molecule has 13 heteroatoms. The molecule has 1 saturated heterocycles. The van der Waals surface area contributed by atoms with E-state index in [1.165, 1.54) is 6.92 Å². The summed E-state index contributed by atoms with van der Waals surface area (Å²) < 4.78 is 36.5. The average Bonchev–Trinajstić information content (AvgIpc) is 2.93. The van der Waals surface area contributed by atoms with E-state index in [9.17, 15) is 28.8 Å². The summed E-state index contributed by atoms with van der Waals surface area (Å²) in [4.78, 5) is 70.0. The van der Waals surface area contributed by atoms with Gasteiger partial charge in [-0.3, -0.25) is 19.2 Å². The molecule has 0 amide bonds. The molecule has 1 heterocycles. The van der Waals surface area contributed by atoms with Gasteiger partial charge in [0.15, 0.2) is 6.10 Å². The van der Waals surface area contributed by atoms with Crippen LogP contribution in [0, 0.1) is 0 Å². The maximum Gasteiger partial charge on any atom is 0.330 e. The first kappa shape index (κ1) is 35.3. The highest BCUT2D eigenvalue weighted by molar-refractivity contribution is 5.81. The maximum absolute atomic E-state index is 12.5. The standard InChI is InChI=1S/C28H40O13/c1-4-23(30)36-16-10-7-12-25(32)39-21-18-28(41-27(34)14-8-11-17-37-24(31)5-2)38-19-22(21)40-26(33)13-6-9-15-35-20(3)29/h4-5,21-22,28H,1-2,6-19H2,3H3/t21-,22+,28?/m0/s1. The molecule has 1 aliphatic heterocycles. The van der Waals surface area contributed by atoms with E-state index in [1.807, 2.05) is 0 Å². The molecular formula is C28H40O13. The first-order valence-corrected chi connectivity index (χ1v) is 13.6. The van der Waals surface area contributed by atoms with E-state index in [0.29, 0.717) is 38.5 Å². The lowest BCUT2D eigenvalue weighted by atomic mass is 10.1. The Morgan fingerprint density at radius 3 is 1.56 bits per heavy atom. The van der Waals surface area contributed by atoms with E-state index < -0.39 is 54.3 Å². The minimum atomic E-state index is -1.02. The van der Waals surface area contributed by atoms with Gasteiger partial charge in [0.1, 0.15) is 6.10 Å². The lowest BCUT2D eigenvalue weighted by Gasteiger charge is -2.34. The molecule has 41 heavy (non-hydrogen) atoms. The highest BCUT2D eigenvalue weighted by Crippen LogP contribution is 2.23. The quantitative estimate of drug-likeness (QED) is 0.0887. The van der Waals surface area contributed by atoms with Gasteiger partial charge in [0.2, 0.25) is 6.29 Å². The van der Waals surface area contributed by atoms with E-state index in [4.69, 9.17) is 33.2 Å². The van der Waals surface area contributed by atoms with Gasteiger partial charge in [0.25, 0.3) is 0 Å². The minimum absolute atomic E-state index is 0.0285. The molecule has 0 spiro atoms. The lowest BCUT2D eigenvalue weighted by molar-refractivity contribution is -0.230. The summed E-state index contributed by atoms with van der Waals surface area (Å²) in [5, 5.41) is 0. The average molecular weight is 585 g/mol. The Bertz CT molecular complexity index is 897. The Balaban J connectivity index is 2.57. The van der Waals surface area contributed by atoms with E-state index >= 15 is 0 Å². The van der Waals surface area contributed by atoms with Gasteiger partial charge in [-0.1, -0.05) is 13.2 Å². The van der Waals surface area contributed by atoms with Crippen molar-refractivity contribution in [2.45, 2.75) is 89.6 Å². The van der Waals surface area contributed by atoms with Crippen LogP contribution in [-0.4, -0.2) is 80.7 Å². The topological polar surface area (TPSA) is 167 Å². The molecule has 1 unspecified atom stereocenters. The molecule has 1 aliphatic rings. The van der Waals surface area contributed by atoms with Crippen molar-refractivity contribution >= 4 is 35.8 Å². The zero-order chi connectivity index (χ0) is 30.5. The molecule has 1 rings (SSSR count). The van der Waals surface area contributed by atoms with Gasteiger partial charge in [0, 0.05) is 38.3 Å². The molecule has 3 atom stereocenters. The number of hydrogen-bond acceptors (Lipinski definition) is 13. The van der Waals surface area contributed by atoms with Crippen LogP contribution >= 0.6 is 0 Å². The Morgan fingerprint density at radius 2 is 1.10 bits per heavy atom. The molecular weight excluding hydrogens is 544 g/mol. The van der Waals surface area contributed by atoms with Gasteiger partial charge < -0.3 is 33.2 Å². The number of hydrogen-bond donors (Lipinski definition) is 0. The van der Waals surface area contributed by atoms with Crippen molar-refractivity contribution in [1.82, 2.24) is 0 Å². The fourth-order valence-corrected chi connectivity index (χ4v) is 3.49.